The van der Waals surface area contributed by atoms with Crippen LogP contribution in [0.1, 0.15) is 25.0 Å². The summed E-state index contributed by atoms with van der Waals surface area (Å²) in [4.78, 5) is 2.45. The molecular weight excluding hydrogens is 715 g/mol. The quantitative estimate of drug-likeness (QED) is 0.163. The summed E-state index contributed by atoms with van der Waals surface area (Å²) < 4.78 is 7.22. The molecule has 10 aromatic carbocycles. The average molecular weight is 754 g/mol. The van der Waals surface area contributed by atoms with Gasteiger partial charge in [-0.25, -0.2) is 0 Å². The van der Waals surface area contributed by atoms with Crippen molar-refractivity contribution in [1.82, 2.24) is 0 Å². The average Bonchev–Trinajstić information content (AvgIpc) is 3.79. The molecule has 1 aliphatic rings. The van der Waals surface area contributed by atoms with Crippen molar-refractivity contribution in [3.05, 3.63) is 211 Å². The maximum atomic E-state index is 7.22. The molecule has 278 valence electrons. The van der Waals surface area contributed by atoms with Gasteiger partial charge in [0.2, 0.25) is 0 Å². The third-order valence-corrected chi connectivity index (χ3v) is 12.8. The number of hydrogen-bond donors (Lipinski definition) is 0. The first kappa shape index (κ1) is 33.7. The maximum Gasteiger partial charge on any atom is 0.143 e. The minimum Gasteiger partial charge on any atom is -0.455 e. The van der Waals surface area contributed by atoms with Crippen molar-refractivity contribution in [2.24, 2.45) is 0 Å². The van der Waals surface area contributed by atoms with Gasteiger partial charge >= 0.3 is 0 Å². The Morgan fingerprint density at radius 2 is 0.949 bits per heavy atom. The minimum atomic E-state index is -0.149. The van der Waals surface area contributed by atoms with Gasteiger partial charge in [0.05, 0.1) is 0 Å². The molecule has 0 saturated carbocycles. The molecule has 0 N–H and O–H groups in total. The molecule has 0 radical (unpaired) electrons. The van der Waals surface area contributed by atoms with Crippen LogP contribution in [0.3, 0.4) is 0 Å². The molecular formula is C57H39NO. The van der Waals surface area contributed by atoms with Crippen LogP contribution in [-0.2, 0) is 5.41 Å². The topological polar surface area (TPSA) is 16.4 Å². The second kappa shape index (κ2) is 12.8. The van der Waals surface area contributed by atoms with Crippen molar-refractivity contribution in [3.63, 3.8) is 0 Å². The number of fused-ring (bicyclic) bond motifs is 12. The van der Waals surface area contributed by atoms with Gasteiger partial charge in [0, 0.05) is 44.2 Å². The fourth-order valence-electron chi connectivity index (χ4n) is 10.00. The zero-order valence-electron chi connectivity index (χ0n) is 32.9. The fourth-order valence-corrected chi connectivity index (χ4v) is 10.00. The largest absolute Gasteiger partial charge is 0.455 e. The second-order valence-corrected chi connectivity index (χ2v) is 16.4. The predicted octanol–water partition coefficient (Wildman–Crippen LogP) is 16.2. The Labute approximate surface area is 343 Å². The Morgan fingerprint density at radius 1 is 0.356 bits per heavy atom. The summed E-state index contributed by atoms with van der Waals surface area (Å²) in [6.07, 6.45) is 0. The van der Waals surface area contributed by atoms with Gasteiger partial charge in [0.1, 0.15) is 11.2 Å². The van der Waals surface area contributed by atoms with Gasteiger partial charge in [-0.15, -0.1) is 0 Å². The molecule has 12 rings (SSSR count). The molecule has 11 aromatic rings. The van der Waals surface area contributed by atoms with E-state index in [1.54, 1.807) is 0 Å². The highest BCUT2D eigenvalue weighted by Gasteiger charge is 2.36. The Morgan fingerprint density at radius 3 is 1.76 bits per heavy atom. The number of furan rings is 1. The number of rotatable bonds is 5. The van der Waals surface area contributed by atoms with E-state index in [2.05, 4.69) is 219 Å². The van der Waals surface area contributed by atoms with E-state index in [1.165, 1.54) is 60.3 Å². The van der Waals surface area contributed by atoms with Crippen molar-refractivity contribution < 1.29 is 4.42 Å². The summed E-state index contributed by atoms with van der Waals surface area (Å²) in [7, 11) is 0. The van der Waals surface area contributed by atoms with Gasteiger partial charge < -0.3 is 9.32 Å². The molecule has 2 nitrogen and oxygen atoms in total. The molecule has 0 amide bonds. The van der Waals surface area contributed by atoms with Crippen molar-refractivity contribution in [1.29, 1.82) is 0 Å². The zero-order valence-corrected chi connectivity index (χ0v) is 32.9. The SMILES string of the molecule is CC1(C)c2ccccc2-c2ccc(N(c3ccc(-c4ccccc4)cc3)c3cc(-c4cccc5ccccc45)c4oc5c6ccccc6c6ccccc6c5c4c3)cc21. The Bertz CT molecular complexity index is 3460. The van der Waals surface area contributed by atoms with Crippen LogP contribution < -0.4 is 4.90 Å². The van der Waals surface area contributed by atoms with Crippen LogP contribution in [-0.4, -0.2) is 0 Å². The van der Waals surface area contributed by atoms with Gasteiger partial charge in [-0.3, -0.25) is 0 Å². The van der Waals surface area contributed by atoms with Gasteiger partial charge in [0.15, 0.2) is 0 Å². The second-order valence-electron chi connectivity index (χ2n) is 16.4. The number of nitrogens with zero attached hydrogens (tertiary/aromatic N) is 1. The third kappa shape index (κ3) is 5.06. The summed E-state index contributed by atoms with van der Waals surface area (Å²) in [5, 5.41) is 9.37. The zero-order chi connectivity index (χ0) is 39.2. The van der Waals surface area contributed by atoms with Gasteiger partial charge in [-0.1, -0.05) is 178 Å². The van der Waals surface area contributed by atoms with E-state index >= 15 is 0 Å². The molecule has 0 spiro atoms. The molecule has 0 atom stereocenters. The molecule has 1 aliphatic carbocycles. The molecule has 0 saturated heterocycles. The van der Waals surface area contributed by atoms with Gasteiger partial charge in [-0.2, -0.15) is 0 Å². The highest BCUT2D eigenvalue weighted by Crippen LogP contribution is 2.52. The van der Waals surface area contributed by atoms with E-state index in [-0.39, 0.29) is 5.41 Å². The first-order valence-corrected chi connectivity index (χ1v) is 20.5. The summed E-state index contributed by atoms with van der Waals surface area (Å²) in [6, 6.07) is 73.1. The molecule has 0 bridgehead atoms. The van der Waals surface area contributed by atoms with Crippen LogP contribution in [0.25, 0.3) is 87.6 Å². The van der Waals surface area contributed by atoms with Crippen molar-refractivity contribution in [3.8, 4) is 33.4 Å². The third-order valence-electron chi connectivity index (χ3n) is 12.8. The minimum absolute atomic E-state index is 0.149. The number of anilines is 3. The van der Waals surface area contributed by atoms with Crippen molar-refractivity contribution in [2.75, 3.05) is 4.90 Å². The van der Waals surface area contributed by atoms with Crippen LogP contribution >= 0.6 is 0 Å². The van der Waals surface area contributed by atoms with Crippen LogP contribution in [0, 0.1) is 0 Å². The van der Waals surface area contributed by atoms with Crippen LogP contribution in [0.5, 0.6) is 0 Å². The number of hydrogen-bond acceptors (Lipinski definition) is 2. The molecule has 59 heavy (non-hydrogen) atoms. The van der Waals surface area contributed by atoms with Crippen LogP contribution in [0.15, 0.2) is 205 Å². The van der Waals surface area contributed by atoms with Crippen molar-refractivity contribution >= 4 is 71.3 Å². The maximum absolute atomic E-state index is 7.22. The lowest BCUT2D eigenvalue weighted by atomic mass is 9.82. The molecule has 2 heteroatoms. The van der Waals surface area contributed by atoms with E-state index in [4.69, 9.17) is 4.42 Å². The summed E-state index contributed by atoms with van der Waals surface area (Å²) in [5.74, 6) is 0. The van der Waals surface area contributed by atoms with Gasteiger partial charge in [-0.05, 0) is 102 Å². The van der Waals surface area contributed by atoms with Gasteiger partial charge in [0.25, 0.3) is 0 Å². The summed E-state index contributed by atoms with van der Waals surface area (Å²) >= 11 is 0. The normalized spacial score (nSPS) is 13.1. The first-order valence-electron chi connectivity index (χ1n) is 20.5. The predicted molar refractivity (Wildman–Crippen MR) is 249 cm³/mol. The summed E-state index contributed by atoms with van der Waals surface area (Å²) in [6.45, 7) is 4.72. The highest BCUT2D eigenvalue weighted by atomic mass is 16.3. The Balaban J connectivity index is 1.19. The summed E-state index contributed by atoms with van der Waals surface area (Å²) in [5.41, 5.74) is 14.9. The lowest BCUT2D eigenvalue weighted by Gasteiger charge is -2.29. The van der Waals surface area contributed by atoms with Crippen molar-refractivity contribution in [2.45, 2.75) is 19.3 Å². The molecule has 0 unspecified atom stereocenters. The number of benzene rings is 10. The van der Waals surface area contributed by atoms with Crippen LogP contribution in [0.4, 0.5) is 17.1 Å². The van der Waals surface area contributed by atoms with E-state index in [0.29, 0.717) is 0 Å². The molecule has 0 fully saturated rings. The Hall–Kier alpha value is -7.42. The monoisotopic (exact) mass is 753 g/mol. The molecule has 1 aromatic heterocycles. The standard InChI is InChI=1S/C57H39NO/c1-57(2)52-26-13-12-22-46(52)47-32-31-40(35-53(47)57)58(39-29-27-37(28-30-39)36-15-4-3-5-16-36)41-33-50(43-25-14-18-38-17-6-7-19-42(38)43)55-51(34-41)54-48-23-10-8-20-44(48)45-21-9-11-24-49(45)56(54)59-55/h3-35H,1-2H3. The fraction of sp³-hybridized carbons (Fsp3) is 0.0526. The first-order chi connectivity index (χ1) is 29.0. The molecule has 1 heterocycles. The smallest absolute Gasteiger partial charge is 0.143 e. The Kier molecular flexibility index (Phi) is 7.31. The van der Waals surface area contributed by atoms with E-state index < -0.39 is 0 Å². The van der Waals surface area contributed by atoms with Crippen LogP contribution in [0.2, 0.25) is 0 Å². The lowest BCUT2D eigenvalue weighted by Crippen LogP contribution is -2.16. The highest BCUT2D eigenvalue weighted by molar-refractivity contribution is 6.31. The van der Waals surface area contributed by atoms with E-state index in [0.717, 1.165) is 55.5 Å². The lowest BCUT2D eigenvalue weighted by molar-refractivity contribution is 0.660. The molecule has 0 aliphatic heterocycles. The van der Waals surface area contributed by atoms with E-state index in [9.17, 15) is 0 Å². The van der Waals surface area contributed by atoms with E-state index in [1.807, 2.05) is 0 Å².